The normalized spacial score (nSPS) is 10.2. The highest BCUT2D eigenvalue weighted by atomic mass is 35.5. The minimum atomic E-state index is -0.660. The van der Waals surface area contributed by atoms with E-state index in [0.717, 1.165) is 6.07 Å². The number of anilines is 2. The lowest BCUT2D eigenvalue weighted by molar-refractivity contribution is 0.0995. The van der Waals surface area contributed by atoms with Gasteiger partial charge in [0, 0.05) is 23.0 Å². The Hall–Kier alpha value is -3.65. The average Bonchev–Trinajstić information content (AvgIpc) is 2.66. The van der Waals surface area contributed by atoms with E-state index in [4.69, 9.17) is 22.1 Å². The summed E-state index contributed by atoms with van der Waals surface area (Å²) in [5, 5.41) is 5.24. The van der Waals surface area contributed by atoms with Gasteiger partial charge < -0.3 is 21.1 Å². The number of nitrogens with zero attached hydrogens (tertiary/aromatic N) is 1. The van der Waals surface area contributed by atoms with E-state index in [-0.39, 0.29) is 11.4 Å². The SMILES string of the molecule is NC(=O)c1cc(Oc2ccc(NC(=O)Nc3cc(Cl)ccc3F)cc2)ccn1. The fourth-order valence-corrected chi connectivity index (χ4v) is 2.40. The maximum absolute atomic E-state index is 13.7. The van der Waals surface area contributed by atoms with Gasteiger partial charge in [0.05, 0.1) is 5.69 Å². The number of carbonyl (C=O) groups is 2. The highest BCUT2D eigenvalue weighted by Crippen LogP contribution is 2.24. The van der Waals surface area contributed by atoms with Crippen LogP contribution in [0.5, 0.6) is 11.5 Å². The molecule has 3 rings (SSSR count). The largest absolute Gasteiger partial charge is 0.457 e. The number of urea groups is 1. The number of aromatic nitrogens is 1. The second-order valence-electron chi connectivity index (χ2n) is 5.57. The van der Waals surface area contributed by atoms with Crippen molar-refractivity contribution in [2.24, 2.45) is 5.73 Å². The Morgan fingerprint density at radius 1 is 1.00 bits per heavy atom. The maximum Gasteiger partial charge on any atom is 0.323 e. The fraction of sp³-hybridized carbons (Fsp3) is 0. The lowest BCUT2D eigenvalue weighted by Gasteiger charge is -2.10. The third-order valence-corrected chi connectivity index (χ3v) is 3.74. The molecule has 4 N–H and O–H groups in total. The number of hydrogen-bond acceptors (Lipinski definition) is 4. The Kier molecular flexibility index (Phi) is 5.71. The van der Waals surface area contributed by atoms with Gasteiger partial charge in [0.2, 0.25) is 0 Å². The minimum Gasteiger partial charge on any atom is -0.457 e. The van der Waals surface area contributed by atoms with Crippen LogP contribution in [0.2, 0.25) is 5.02 Å². The van der Waals surface area contributed by atoms with E-state index in [9.17, 15) is 14.0 Å². The van der Waals surface area contributed by atoms with Crippen LogP contribution in [-0.4, -0.2) is 16.9 Å². The molecule has 0 saturated carbocycles. The molecule has 28 heavy (non-hydrogen) atoms. The predicted molar refractivity (Wildman–Crippen MR) is 103 cm³/mol. The van der Waals surface area contributed by atoms with Crippen molar-refractivity contribution in [1.29, 1.82) is 0 Å². The van der Waals surface area contributed by atoms with Crippen LogP contribution in [0.4, 0.5) is 20.6 Å². The molecule has 3 amide bonds. The first-order chi connectivity index (χ1) is 13.4. The molecule has 0 unspecified atom stereocenters. The van der Waals surface area contributed by atoms with Crippen LogP contribution in [0.1, 0.15) is 10.5 Å². The number of halogens is 2. The molecular weight excluding hydrogens is 387 g/mol. The molecule has 0 radical (unpaired) electrons. The van der Waals surface area contributed by atoms with Gasteiger partial charge >= 0.3 is 6.03 Å². The fourth-order valence-electron chi connectivity index (χ4n) is 2.23. The zero-order valence-corrected chi connectivity index (χ0v) is 15.0. The topological polar surface area (TPSA) is 106 Å². The average molecular weight is 401 g/mol. The molecule has 0 spiro atoms. The smallest absolute Gasteiger partial charge is 0.323 e. The van der Waals surface area contributed by atoms with Crippen molar-refractivity contribution in [3.63, 3.8) is 0 Å². The number of rotatable bonds is 5. The van der Waals surface area contributed by atoms with E-state index < -0.39 is 17.8 Å². The van der Waals surface area contributed by atoms with E-state index in [1.165, 1.54) is 24.4 Å². The molecule has 0 aliphatic heterocycles. The van der Waals surface area contributed by atoms with E-state index in [2.05, 4.69) is 15.6 Å². The number of pyridine rings is 1. The molecule has 0 bridgehead atoms. The first kappa shape index (κ1) is 19.1. The summed E-state index contributed by atoms with van der Waals surface area (Å²) >= 11 is 5.79. The molecule has 0 atom stereocenters. The summed E-state index contributed by atoms with van der Waals surface area (Å²) in [7, 11) is 0. The van der Waals surface area contributed by atoms with Gasteiger partial charge in [0.1, 0.15) is 23.0 Å². The van der Waals surface area contributed by atoms with Crippen LogP contribution >= 0.6 is 11.6 Å². The van der Waals surface area contributed by atoms with Gasteiger partial charge in [0.15, 0.2) is 0 Å². The number of carbonyl (C=O) groups excluding carboxylic acids is 2. The summed E-state index contributed by atoms with van der Waals surface area (Å²) in [5.41, 5.74) is 5.69. The Bertz CT molecular complexity index is 1030. The monoisotopic (exact) mass is 400 g/mol. The summed E-state index contributed by atoms with van der Waals surface area (Å²) in [6.45, 7) is 0. The summed E-state index contributed by atoms with van der Waals surface area (Å²) in [5.74, 6) is -0.407. The predicted octanol–water partition coefficient (Wildman–Crippen LogP) is 4.41. The number of amides is 3. The van der Waals surface area contributed by atoms with Crippen molar-refractivity contribution in [2.75, 3.05) is 10.6 Å². The van der Waals surface area contributed by atoms with Crippen LogP contribution in [0, 0.1) is 5.82 Å². The summed E-state index contributed by atoms with van der Waals surface area (Å²) in [4.78, 5) is 27.0. The Balaban J connectivity index is 1.62. The van der Waals surface area contributed by atoms with Gasteiger partial charge in [-0.1, -0.05) is 11.6 Å². The van der Waals surface area contributed by atoms with Crippen molar-refractivity contribution in [1.82, 2.24) is 4.98 Å². The van der Waals surface area contributed by atoms with Crippen molar-refractivity contribution < 1.29 is 18.7 Å². The molecule has 0 fully saturated rings. The van der Waals surface area contributed by atoms with Crippen LogP contribution in [-0.2, 0) is 0 Å². The van der Waals surface area contributed by atoms with Crippen LogP contribution in [0.25, 0.3) is 0 Å². The van der Waals surface area contributed by atoms with Crippen LogP contribution in [0.15, 0.2) is 60.8 Å². The molecule has 0 aliphatic rings. The minimum absolute atomic E-state index is 0.0344. The Morgan fingerprint density at radius 3 is 2.46 bits per heavy atom. The number of nitrogens with one attached hydrogen (secondary N) is 2. The maximum atomic E-state index is 13.7. The quantitative estimate of drug-likeness (QED) is 0.589. The number of ether oxygens (including phenoxy) is 1. The second-order valence-corrected chi connectivity index (χ2v) is 6.01. The van der Waals surface area contributed by atoms with Crippen molar-refractivity contribution in [3.05, 3.63) is 77.3 Å². The molecule has 1 aromatic heterocycles. The first-order valence-electron chi connectivity index (χ1n) is 7.97. The number of primary amides is 1. The molecular formula is C19H14ClFN4O3. The van der Waals surface area contributed by atoms with Gasteiger partial charge in [-0.3, -0.25) is 9.78 Å². The molecule has 9 heteroatoms. The summed E-state index contributed by atoms with van der Waals surface area (Å²) in [6.07, 6.45) is 1.41. The van der Waals surface area contributed by atoms with Gasteiger partial charge in [-0.15, -0.1) is 0 Å². The van der Waals surface area contributed by atoms with Gasteiger partial charge in [0.25, 0.3) is 5.91 Å². The molecule has 3 aromatic rings. The summed E-state index contributed by atoms with van der Waals surface area (Å²) in [6, 6.07) is 12.6. The van der Waals surface area contributed by atoms with Gasteiger partial charge in [-0.05, 0) is 48.5 Å². The zero-order chi connectivity index (χ0) is 20.1. The first-order valence-corrected chi connectivity index (χ1v) is 8.35. The highest BCUT2D eigenvalue weighted by molar-refractivity contribution is 6.30. The second kappa shape index (κ2) is 8.36. The van der Waals surface area contributed by atoms with Crippen molar-refractivity contribution in [3.8, 4) is 11.5 Å². The van der Waals surface area contributed by atoms with Crippen molar-refractivity contribution >= 4 is 34.9 Å². The van der Waals surface area contributed by atoms with Crippen LogP contribution in [0.3, 0.4) is 0 Å². The van der Waals surface area contributed by atoms with Crippen LogP contribution < -0.4 is 21.1 Å². The number of nitrogens with two attached hydrogens (primary N) is 1. The van der Waals surface area contributed by atoms with E-state index in [0.29, 0.717) is 22.2 Å². The Morgan fingerprint density at radius 2 is 1.75 bits per heavy atom. The van der Waals surface area contributed by atoms with E-state index in [1.807, 2.05) is 0 Å². The summed E-state index contributed by atoms with van der Waals surface area (Å²) < 4.78 is 19.3. The molecule has 142 valence electrons. The molecule has 1 heterocycles. The van der Waals surface area contributed by atoms with Gasteiger partial charge in [-0.2, -0.15) is 0 Å². The lowest BCUT2D eigenvalue weighted by atomic mass is 10.3. The number of hydrogen-bond donors (Lipinski definition) is 3. The third kappa shape index (κ3) is 4.95. The molecule has 0 aliphatic carbocycles. The lowest BCUT2D eigenvalue weighted by Crippen LogP contribution is -2.20. The Labute approximate surface area is 164 Å². The van der Waals surface area contributed by atoms with Gasteiger partial charge in [-0.25, -0.2) is 9.18 Å². The van der Waals surface area contributed by atoms with Crippen molar-refractivity contribution in [2.45, 2.75) is 0 Å². The van der Waals surface area contributed by atoms with E-state index in [1.54, 1.807) is 30.3 Å². The molecule has 2 aromatic carbocycles. The molecule has 0 saturated heterocycles. The number of benzene rings is 2. The third-order valence-electron chi connectivity index (χ3n) is 3.51. The highest BCUT2D eigenvalue weighted by Gasteiger charge is 2.09. The standard InChI is InChI=1S/C19H14ClFN4O3/c20-11-1-6-15(21)16(9-11)25-19(27)24-12-2-4-13(5-3-12)28-14-7-8-23-17(10-14)18(22)26/h1-10H,(H2,22,26)(H2,24,25,27). The zero-order valence-electron chi connectivity index (χ0n) is 14.3. The molecule has 7 nitrogen and oxygen atoms in total. The van der Waals surface area contributed by atoms with E-state index >= 15 is 0 Å².